The average Bonchev–Trinajstić information content (AvgIpc) is 2.62. The van der Waals surface area contributed by atoms with Crippen molar-refractivity contribution in [2.45, 2.75) is 25.7 Å². The number of carbonyl (C=O) groups excluding carboxylic acids is 1. The van der Waals surface area contributed by atoms with Crippen LogP contribution < -0.4 is 10.0 Å². The molecule has 0 radical (unpaired) electrons. The van der Waals surface area contributed by atoms with E-state index in [0.717, 1.165) is 14.7 Å². The summed E-state index contributed by atoms with van der Waals surface area (Å²) in [5.74, 6) is -0.367. The molecular formula is C22H21IN2O3S. The molecule has 0 aromatic heterocycles. The van der Waals surface area contributed by atoms with Gasteiger partial charge in [0.2, 0.25) is 0 Å². The van der Waals surface area contributed by atoms with Gasteiger partial charge in [-0.05, 0) is 109 Å². The minimum Gasteiger partial charge on any atom is -0.322 e. The van der Waals surface area contributed by atoms with Crippen molar-refractivity contribution in [2.75, 3.05) is 10.0 Å². The number of amides is 1. The molecule has 2 N–H and O–H groups in total. The van der Waals surface area contributed by atoms with Crippen molar-refractivity contribution >= 4 is 49.9 Å². The first-order valence-electron chi connectivity index (χ1n) is 8.93. The number of halogens is 1. The van der Waals surface area contributed by atoms with Gasteiger partial charge >= 0.3 is 0 Å². The molecule has 7 heteroatoms. The zero-order valence-corrected chi connectivity index (χ0v) is 19.3. The van der Waals surface area contributed by atoms with Crippen molar-refractivity contribution in [3.05, 3.63) is 86.5 Å². The van der Waals surface area contributed by atoms with E-state index in [9.17, 15) is 13.2 Å². The molecule has 0 atom stereocenters. The minimum atomic E-state index is -3.84. The van der Waals surface area contributed by atoms with Gasteiger partial charge in [-0.2, -0.15) is 0 Å². The van der Waals surface area contributed by atoms with Gasteiger partial charge in [0, 0.05) is 20.5 Å². The SMILES string of the molecule is Cc1cc(C)cc(NS(=O)(=O)c2cc(C(=O)Nc3ccc(I)cc3)ccc2C)c1. The lowest BCUT2D eigenvalue weighted by Gasteiger charge is -2.13. The Labute approximate surface area is 184 Å². The number of carbonyl (C=O) groups is 1. The highest BCUT2D eigenvalue weighted by atomic mass is 127. The van der Waals surface area contributed by atoms with Crippen molar-refractivity contribution < 1.29 is 13.2 Å². The Kier molecular flexibility index (Phi) is 6.28. The number of hydrogen-bond donors (Lipinski definition) is 2. The fourth-order valence-electron chi connectivity index (χ4n) is 3.01. The highest BCUT2D eigenvalue weighted by molar-refractivity contribution is 14.1. The lowest BCUT2D eigenvalue weighted by molar-refractivity contribution is 0.102. The fraction of sp³-hybridized carbons (Fsp3) is 0.136. The van der Waals surface area contributed by atoms with Gasteiger partial charge in [0.1, 0.15) is 0 Å². The maximum absolute atomic E-state index is 13.0. The number of aryl methyl sites for hydroxylation is 3. The van der Waals surface area contributed by atoms with Crippen LogP contribution in [0.1, 0.15) is 27.0 Å². The second-order valence-corrected chi connectivity index (χ2v) is 9.82. The van der Waals surface area contributed by atoms with Gasteiger partial charge in [-0.25, -0.2) is 8.42 Å². The Morgan fingerprint density at radius 2 is 1.45 bits per heavy atom. The van der Waals surface area contributed by atoms with Crippen molar-refractivity contribution in [3.8, 4) is 0 Å². The van der Waals surface area contributed by atoms with Crippen LogP contribution in [0.15, 0.2) is 65.6 Å². The Morgan fingerprint density at radius 3 is 2.07 bits per heavy atom. The van der Waals surface area contributed by atoms with E-state index in [0.29, 0.717) is 16.9 Å². The van der Waals surface area contributed by atoms with Crippen molar-refractivity contribution in [1.82, 2.24) is 0 Å². The molecule has 3 aromatic rings. The molecule has 0 aliphatic carbocycles. The summed E-state index contributed by atoms with van der Waals surface area (Å²) in [4.78, 5) is 12.7. The van der Waals surface area contributed by atoms with E-state index in [1.54, 1.807) is 43.3 Å². The number of benzene rings is 3. The molecule has 1 amide bonds. The summed E-state index contributed by atoms with van der Waals surface area (Å²) in [6.45, 7) is 5.52. The molecular weight excluding hydrogens is 499 g/mol. The predicted molar refractivity (Wildman–Crippen MR) is 125 cm³/mol. The third-order valence-corrected chi connectivity index (χ3v) is 6.56. The molecule has 0 heterocycles. The summed E-state index contributed by atoms with van der Waals surface area (Å²) in [7, 11) is -3.84. The van der Waals surface area contributed by atoms with E-state index in [2.05, 4.69) is 32.6 Å². The zero-order chi connectivity index (χ0) is 21.2. The molecule has 0 unspecified atom stereocenters. The van der Waals surface area contributed by atoms with E-state index >= 15 is 0 Å². The van der Waals surface area contributed by atoms with Gasteiger partial charge in [0.05, 0.1) is 4.90 Å². The standard InChI is InChI=1S/C22H21IN2O3S/c1-14-10-15(2)12-20(11-14)25-29(27,28)21-13-17(5-4-16(21)3)22(26)24-19-8-6-18(23)7-9-19/h4-13,25H,1-3H3,(H,24,26). The smallest absolute Gasteiger partial charge is 0.262 e. The maximum Gasteiger partial charge on any atom is 0.262 e. The topological polar surface area (TPSA) is 75.3 Å². The van der Waals surface area contributed by atoms with Crippen LogP contribution in [0.3, 0.4) is 0 Å². The quantitative estimate of drug-likeness (QED) is 0.451. The van der Waals surface area contributed by atoms with Crippen LogP contribution in [0.25, 0.3) is 0 Å². The summed E-state index contributed by atoms with van der Waals surface area (Å²) in [6, 6.07) is 17.5. The fourth-order valence-corrected chi connectivity index (χ4v) is 4.68. The summed E-state index contributed by atoms with van der Waals surface area (Å²) in [5.41, 5.74) is 3.90. The lowest BCUT2D eigenvalue weighted by atomic mass is 10.1. The van der Waals surface area contributed by atoms with Crippen molar-refractivity contribution in [1.29, 1.82) is 0 Å². The minimum absolute atomic E-state index is 0.0759. The van der Waals surface area contributed by atoms with Gasteiger partial charge in [-0.1, -0.05) is 12.1 Å². The number of nitrogens with one attached hydrogen (secondary N) is 2. The lowest BCUT2D eigenvalue weighted by Crippen LogP contribution is -2.17. The number of hydrogen-bond acceptors (Lipinski definition) is 3. The van der Waals surface area contributed by atoms with Crippen LogP contribution in [0.4, 0.5) is 11.4 Å². The van der Waals surface area contributed by atoms with E-state index < -0.39 is 10.0 Å². The number of rotatable bonds is 5. The zero-order valence-electron chi connectivity index (χ0n) is 16.3. The molecule has 0 saturated carbocycles. The number of sulfonamides is 1. The molecule has 0 saturated heterocycles. The Hall–Kier alpha value is -2.39. The second-order valence-electron chi connectivity index (χ2n) is 6.92. The molecule has 3 aromatic carbocycles. The third-order valence-electron chi connectivity index (χ3n) is 4.32. The van der Waals surface area contributed by atoms with Crippen LogP contribution in [0.2, 0.25) is 0 Å². The van der Waals surface area contributed by atoms with Gasteiger partial charge in [-0.15, -0.1) is 0 Å². The molecule has 0 bridgehead atoms. The molecule has 0 spiro atoms. The molecule has 0 fully saturated rings. The van der Waals surface area contributed by atoms with Gasteiger partial charge in [0.25, 0.3) is 15.9 Å². The summed E-state index contributed by atoms with van der Waals surface area (Å²) >= 11 is 2.18. The molecule has 29 heavy (non-hydrogen) atoms. The Morgan fingerprint density at radius 1 is 0.828 bits per heavy atom. The van der Waals surface area contributed by atoms with Crippen molar-refractivity contribution in [2.24, 2.45) is 0 Å². The van der Waals surface area contributed by atoms with E-state index in [4.69, 9.17) is 0 Å². The third kappa shape index (κ3) is 5.36. The largest absolute Gasteiger partial charge is 0.322 e. The van der Waals surface area contributed by atoms with Crippen LogP contribution in [0.5, 0.6) is 0 Å². The van der Waals surface area contributed by atoms with Crippen LogP contribution in [-0.2, 0) is 10.0 Å². The van der Waals surface area contributed by atoms with Crippen molar-refractivity contribution in [3.63, 3.8) is 0 Å². The maximum atomic E-state index is 13.0. The monoisotopic (exact) mass is 520 g/mol. The van der Waals surface area contributed by atoms with Gasteiger partial charge in [-0.3, -0.25) is 9.52 Å². The van der Waals surface area contributed by atoms with E-state index in [-0.39, 0.29) is 16.4 Å². The van der Waals surface area contributed by atoms with Crippen LogP contribution in [-0.4, -0.2) is 14.3 Å². The summed E-state index contributed by atoms with van der Waals surface area (Å²) in [5, 5.41) is 2.79. The average molecular weight is 520 g/mol. The first kappa shape index (κ1) is 21.3. The Bertz CT molecular complexity index is 1150. The number of anilines is 2. The summed E-state index contributed by atoms with van der Waals surface area (Å²) in [6.07, 6.45) is 0. The highest BCUT2D eigenvalue weighted by Crippen LogP contribution is 2.23. The first-order chi connectivity index (χ1) is 13.6. The Balaban J connectivity index is 1.89. The normalized spacial score (nSPS) is 11.2. The molecule has 0 aliphatic heterocycles. The molecule has 150 valence electrons. The van der Waals surface area contributed by atoms with Crippen LogP contribution >= 0.6 is 22.6 Å². The summed E-state index contributed by atoms with van der Waals surface area (Å²) < 4.78 is 29.6. The highest BCUT2D eigenvalue weighted by Gasteiger charge is 2.20. The second kappa shape index (κ2) is 8.54. The van der Waals surface area contributed by atoms with E-state index in [1.165, 1.54) is 6.07 Å². The van der Waals surface area contributed by atoms with Crippen LogP contribution in [0, 0.1) is 24.3 Å². The molecule has 3 rings (SSSR count). The molecule has 0 aliphatic rings. The molecule has 5 nitrogen and oxygen atoms in total. The van der Waals surface area contributed by atoms with E-state index in [1.807, 2.05) is 32.0 Å². The van der Waals surface area contributed by atoms with Gasteiger partial charge < -0.3 is 5.32 Å². The predicted octanol–water partition coefficient (Wildman–Crippen LogP) is 5.27. The first-order valence-corrected chi connectivity index (χ1v) is 11.5. The van der Waals surface area contributed by atoms with Gasteiger partial charge in [0.15, 0.2) is 0 Å².